The minimum atomic E-state index is -0.187. The summed E-state index contributed by atoms with van der Waals surface area (Å²) >= 11 is 0. The Hall–Kier alpha value is -1.89. The van der Waals surface area contributed by atoms with Gasteiger partial charge in [0.1, 0.15) is 5.82 Å². The molecular weight excluding hydrogens is 349 g/mol. The lowest BCUT2D eigenvalue weighted by molar-refractivity contribution is 0.102. The molecule has 130 valence electrons. The van der Waals surface area contributed by atoms with Crippen molar-refractivity contribution < 1.29 is 4.79 Å². The number of amides is 1. The third-order valence-electron chi connectivity index (χ3n) is 3.72. The average molecular weight is 370 g/mol. The molecule has 3 heterocycles. The molecule has 24 heavy (non-hydrogen) atoms. The Bertz CT molecular complexity index is 660. The lowest BCUT2D eigenvalue weighted by Gasteiger charge is -2.29. The number of carbonyl (C=O) groups is 1. The number of aryl methyl sites for hydroxylation is 1. The zero-order valence-electron chi connectivity index (χ0n) is 13.4. The van der Waals surface area contributed by atoms with Crippen molar-refractivity contribution in [3.63, 3.8) is 0 Å². The van der Waals surface area contributed by atoms with Crippen LogP contribution in [0.15, 0.2) is 36.7 Å². The quantitative estimate of drug-likeness (QED) is 0.868. The van der Waals surface area contributed by atoms with Gasteiger partial charge < -0.3 is 15.5 Å². The van der Waals surface area contributed by atoms with Crippen molar-refractivity contribution in [2.24, 2.45) is 0 Å². The Morgan fingerprint density at radius 3 is 2.54 bits per heavy atom. The second kappa shape index (κ2) is 9.42. The number of piperazine rings is 1. The number of rotatable bonds is 3. The van der Waals surface area contributed by atoms with Gasteiger partial charge >= 0.3 is 0 Å². The first kappa shape index (κ1) is 20.2. The molecule has 0 radical (unpaired) electrons. The number of nitrogens with zero attached hydrogens (tertiary/aromatic N) is 3. The van der Waals surface area contributed by atoms with E-state index in [9.17, 15) is 4.79 Å². The van der Waals surface area contributed by atoms with Crippen LogP contribution in [0.1, 0.15) is 16.1 Å². The number of hydrogen-bond donors (Lipinski definition) is 2. The molecule has 1 aliphatic heterocycles. The minimum Gasteiger partial charge on any atom is -0.368 e. The maximum absolute atomic E-state index is 12.2. The van der Waals surface area contributed by atoms with Gasteiger partial charge in [0.2, 0.25) is 0 Å². The molecule has 2 aromatic heterocycles. The summed E-state index contributed by atoms with van der Waals surface area (Å²) in [4.78, 5) is 22.9. The number of nitrogens with one attached hydrogen (secondary N) is 2. The van der Waals surface area contributed by atoms with Crippen LogP contribution < -0.4 is 15.5 Å². The second-order valence-corrected chi connectivity index (χ2v) is 5.23. The molecule has 0 aliphatic carbocycles. The SMILES string of the molecule is Cc1ncccc1C(=O)Nc1ccc(N2CCNCC2)cn1.Cl.Cl. The van der Waals surface area contributed by atoms with E-state index in [0.717, 1.165) is 31.9 Å². The molecule has 0 spiro atoms. The van der Waals surface area contributed by atoms with Gasteiger partial charge in [-0.3, -0.25) is 9.78 Å². The topological polar surface area (TPSA) is 70.2 Å². The van der Waals surface area contributed by atoms with E-state index < -0.39 is 0 Å². The molecule has 0 aromatic carbocycles. The van der Waals surface area contributed by atoms with E-state index in [4.69, 9.17) is 0 Å². The fourth-order valence-corrected chi connectivity index (χ4v) is 2.48. The first-order chi connectivity index (χ1) is 10.7. The highest BCUT2D eigenvalue weighted by Crippen LogP contribution is 2.16. The summed E-state index contributed by atoms with van der Waals surface area (Å²) in [6.45, 7) is 5.73. The first-order valence-corrected chi connectivity index (χ1v) is 7.39. The lowest BCUT2D eigenvalue weighted by Crippen LogP contribution is -2.43. The Labute approximate surface area is 153 Å². The van der Waals surface area contributed by atoms with Crippen molar-refractivity contribution in [1.29, 1.82) is 0 Å². The van der Waals surface area contributed by atoms with Crippen molar-refractivity contribution in [2.75, 3.05) is 36.4 Å². The van der Waals surface area contributed by atoms with E-state index in [1.807, 2.05) is 19.1 Å². The fraction of sp³-hybridized carbons (Fsp3) is 0.312. The summed E-state index contributed by atoms with van der Waals surface area (Å²) in [5.41, 5.74) is 2.35. The highest BCUT2D eigenvalue weighted by Gasteiger charge is 2.12. The van der Waals surface area contributed by atoms with Crippen molar-refractivity contribution in [3.8, 4) is 0 Å². The van der Waals surface area contributed by atoms with Crippen molar-refractivity contribution >= 4 is 42.2 Å². The first-order valence-electron chi connectivity index (χ1n) is 7.39. The molecule has 0 saturated carbocycles. The van der Waals surface area contributed by atoms with Crippen LogP contribution in [-0.4, -0.2) is 42.1 Å². The van der Waals surface area contributed by atoms with Crippen molar-refractivity contribution in [3.05, 3.63) is 47.9 Å². The van der Waals surface area contributed by atoms with Gasteiger partial charge in [-0.15, -0.1) is 24.8 Å². The number of carbonyl (C=O) groups excluding carboxylic acids is 1. The number of aromatic nitrogens is 2. The normalized spacial score (nSPS) is 13.5. The van der Waals surface area contributed by atoms with Crippen LogP contribution in [0.25, 0.3) is 0 Å². The van der Waals surface area contributed by atoms with E-state index in [2.05, 4.69) is 25.5 Å². The monoisotopic (exact) mass is 369 g/mol. The maximum atomic E-state index is 12.2. The number of halogens is 2. The van der Waals surface area contributed by atoms with E-state index in [1.54, 1.807) is 24.5 Å². The van der Waals surface area contributed by atoms with Crippen LogP contribution in [0, 0.1) is 6.92 Å². The van der Waals surface area contributed by atoms with Gasteiger partial charge in [-0.25, -0.2) is 4.98 Å². The summed E-state index contributed by atoms with van der Waals surface area (Å²) in [7, 11) is 0. The van der Waals surface area contributed by atoms with E-state index >= 15 is 0 Å². The molecular formula is C16H21Cl2N5O. The number of pyridine rings is 2. The molecule has 0 bridgehead atoms. The number of hydrogen-bond acceptors (Lipinski definition) is 5. The van der Waals surface area contributed by atoms with E-state index in [-0.39, 0.29) is 30.7 Å². The van der Waals surface area contributed by atoms with Gasteiger partial charge in [0.25, 0.3) is 5.91 Å². The van der Waals surface area contributed by atoms with Gasteiger partial charge in [0.05, 0.1) is 17.4 Å². The predicted octanol–water partition coefficient (Wildman–Crippen LogP) is 2.29. The van der Waals surface area contributed by atoms with E-state index in [1.165, 1.54) is 0 Å². The maximum Gasteiger partial charge on any atom is 0.258 e. The average Bonchev–Trinajstić information content (AvgIpc) is 2.57. The Morgan fingerprint density at radius 1 is 1.17 bits per heavy atom. The molecule has 0 atom stereocenters. The third kappa shape index (κ3) is 4.80. The zero-order chi connectivity index (χ0) is 15.4. The van der Waals surface area contributed by atoms with Crippen LogP contribution >= 0.6 is 24.8 Å². The number of anilines is 2. The molecule has 8 heteroatoms. The molecule has 1 amide bonds. The van der Waals surface area contributed by atoms with E-state index in [0.29, 0.717) is 17.1 Å². The lowest BCUT2D eigenvalue weighted by atomic mass is 10.2. The molecule has 1 fully saturated rings. The molecule has 3 rings (SSSR count). The van der Waals surface area contributed by atoms with Crippen LogP contribution in [-0.2, 0) is 0 Å². The minimum absolute atomic E-state index is 0. The van der Waals surface area contributed by atoms with Gasteiger partial charge in [-0.05, 0) is 31.2 Å². The van der Waals surface area contributed by atoms with Crippen molar-refractivity contribution in [1.82, 2.24) is 15.3 Å². The van der Waals surface area contributed by atoms with Crippen LogP contribution in [0.3, 0.4) is 0 Å². The summed E-state index contributed by atoms with van der Waals surface area (Å²) in [5.74, 6) is 0.361. The molecule has 6 nitrogen and oxygen atoms in total. The highest BCUT2D eigenvalue weighted by atomic mass is 35.5. The Balaban J connectivity index is 0.00000144. The molecule has 2 aromatic rings. The third-order valence-corrected chi connectivity index (χ3v) is 3.72. The van der Waals surface area contributed by atoms with Gasteiger partial charge in [0.15, 0.2) is 0 Å². The summed E-state index contributed by atoms with van der Waals surface area (Å²) in [6, 6.07) is 7.33. The summed E-state index contributed by atoms with van der Waals surface area (Å²) < 4.78 is 0. The molecule has 1 aliphatic rings. The Kier molecular flexibility index (Phi) is 7.91. The second-order valence-electron chi connectivity index (χ2n) is 5.23. The van der Waals surface area contributed by atoms with Crippen molar-refractivity contribution in [2.45, 2.75) is 6.92 Å². The smallest absolute Gasteiger partial charge is 0.258 e. The molecule has 1 saturated heterocycles. The zero-order valence-corrected chi connectivity index (χ0v) is 15.0. The highest BCUT2D eigenvalue weighted by molar-refractivity contribution is 6.04. The molecule has 2 N–H and O–H groups in total. The summed E-state index contributed by atoms with van der Waals surface area (Å²) in [6.07, 6.45) is 3.48. The fourth-order valence-electron chi connectivity index (χ4n) is 2.48. The van der Waals surface area contributed by atoms with Crippen LogP contribution in [0.4, 0.5) is 11.5 Å². The standard InChI is InChI=1S/C16H19N5O.2ClH/c1-12-14(3-2-6-18-12)16(22)20-15-5-4-13(11-19-15)21-9-7-17-8-10-21;;/h2-6,11,17H,7-10H2,1H3,(H,19,20,22);2*1H. The largest absolute Gasteiger partial charge is 0.368 e. The van der Waals surface area contributed by atoms with Gasteiger partial charge in [-0.2, -0.15) is 0 Å². The summed E-state index contributed by atoms with van der Waals surface area (Å²) in [5, 5.41) is 6.13. The van der Waals surface area contributed by atoms with Crippen LogP contribution in [0.2, 0.25) is 0 Å². The van der Waals surface area contributed by atoms with Gasteiger partial charge in [-0.1, -0.05) is 0 Å². The van der Waals surface area contributed by atoms with Gasteiger partial charge in [0, 0.05) is 38.1 Å². The molecule has 0 unspecified atom stereocenters. The van der Waals surface area contributed by atoms with Crippen LogP contribution in [0.5, 0.6) is 0 Å². The predicted molar refractivity (Wildman–Crippen MR) is 101 cm³/mol. The Morgan fingerprint density at radius 2 is 1.92 bits per heavy atom.